The highest BCUT2D eigenvalue weighted by Gasteiger charge is 2.06. The first-order valence-corrected chi connectivity index (χ1v) is 7.26. The van der Waals surface area contributed by atoms with E-state index in [-0.39, 0.29) is 0 Å². The second-order valence-electron chi connectivity index (χ2n) is 3.42. The molecule has 0 saturated heterocycles. The van der Waals surface area contributed by atoms with Gasteiger partial charge in [-0.2, -0.15) is 0 Å². The number of para-hydroxylation sites is 1. The Balaban J connectivity index is 2.33. The maximum Gasteiger partial charge on any atom is 0.141 e. The molecule has 0 aliphatic carbocycles. The van der Waals surface area contributed by atoms with Gasteiger partial charge in [0.05, 0.1) is 4.47 Å². The largest absolute Gasteiger partial charge is 0.456 e. The Morgan fingerprint density at radius 1 is 1.06 bits per heavy atom. The minimum Gasteiger partial charge on any atom is -0.456 e. The van der Waals surface area contributed by atoms with Gasteiger partial charge in [-0.15, -0.1) is 0 Å². The summed E-state index contributed by atoms with van der Waals surface area (Å²) in [7, 11) is 0. The predicted octanol–water partition coefficient (Wildman–Crippen LogP) is 5.79. The van der Waals surface area contributed by atoms with Crippen LogP contribution in [0.15, 0.2) is 46.9 Å². The third-order valence-electron chi connectivity index (χ3n) is 2.22. The Morgan fingerprint density at radius 3 is 2.53 bits per heavy atom. The second-order valence-corrected chi connectivity index (χ2v) is 5.27. The van der Waals surface area contributed by atoms with Gasteiger partial charge in [-0.05, 0) is 46.3 Å². The Labute approximate surface area is 122 Å². The summed E-state index contributed by atoms with van der Waals surface area (Å²) < 4.78 is 6.78. The summed E-state index contributed by atoms with van der Waals surface area (Å²) in [5.74, 6) is 1.59. The molecule has 0 N–H and O–H groups in total. The van der Waals surface area contributed by atoms with Crippen molar-refractivity contribution in [3.05, 3.63) is 57.5 Å². The molecule has 0 bridgehead atoms. The molecule has 0 atom stereocenters. The molecule has 2 aromatic rings. The highest BCUT2D eigenvalue weighted by atomic mass is 79.9. The van der Waals surface area contributed by atoms with E-state index < -0.39 is 0 Å². The van der Waals surface area contributed by atoms with Crippen molar-refractivity contribution in [3.63, 3.8) is 0 Å². The Hall–Kier alpha value is -0.510. The lowest BCUT2D eigenvalue weighted by Crippen LogP contribution is -1.90. The first-order valence-electron chi connectivity index (χ1n) is 4.97. The Bertz CT molecular complexity index is 529. The SMILES string of the molecule is Clc1ccc(Oc2ccccc2Br)c(CBr)c1. The summed E-state index contributed by atoms with van der Waals surface area (Å²) in [5.41, 5.74) is 1.02. The van der Waals surface area contributed by atoms with Crippen molar-refractivity contribution in [2.45, 2.75) is 5.33 Å². The molecule has 4 heteroatoms. The number of hydrogen-bond donors (Lipinski definition) is 0. The van der Waals surface area contributed by atoms with E-state index in [2.05, 4.69) is 31.9 Å². The fraction of sp³-hybridized carbons (Fsp3) is 0.0769. The summed E-state index contributed by atoms with van der Waals surface area (Å²) in [6, 6.07) is 13.3. The van der Waals surface area contributed by atoms with Crippen LogP contribution in [0, 0.1) is 0 Å². The van der Waals surface area contributed by atoms with Crippen LogP contribution in [0.4, 0.5) is 0 Å². The smallest absolute Gasteiger partial charge is 0.141 e. The Morgan fingerprint density at radius 2 is 1.82 bits per heavy atom. The van der Waals surface area contributed by atoms with Crippen LogP contribution < -0.4 is 4.74 Å². The second kappa shape index (κ2) is 5.89. The van der Waals surface area contributed by atoms with Gasteiger partial charge in [-0.3, -0.25) is 0 Å². The molecule has 0 aliphatic rings. The van der Waals surface area contributed by atoms with E-state index in [0.29, 0.717) is 10.4 Å². The van der Waals surface area contributed by atoms with Crippen LogP contribution in [0.1, 0.15) is 5.56 Å². The van der Waals surface area contributed by atoms with Crippen molar-refractivity contribution in [1.82, 2.24) is 0 Å². The van der Waals surface area contributed by atoms with Gasteiger partial charge in [0.2, 0.25) is 0 Å². The van der Waals surface area contributed by atoms with E-state index in [1.807, 2.05) is 42.5 Å². The van der Waals surface area contributed by atoms with Crippen LogP contribution in [-0.4, -0.2) is 0 Å². The van der Waals surface area contributed by atoms with Crippen molar-refractivity contribution < 1.29 is 4.74 Å². The molecule has 0 unspecified atom stereocenters. The number of ether oxygens (including phenoxy) is 1. The normalized spacial score (nSPS) is 10.3. The molecular weight excluding hydrogens is 367 g/mol. The predicted molar refractivity (Wildman–Crippen MR) is 78.3 cm³/mol. The molecule has 2 aromatic carbocycles. The van der Waals surface area contributed by atoms with E-state index in [0.717, 1.165) is 21.5 Å². The van der Waals surface area contributed by atoms with Gasteiger partial charge in [0.25, 0.3) is 0 Å². The maximum atomic E-state index is 5.94. The molecule has 88 valence electrons. The number of rotatable bonds is 3. The highest BCUT2D eigenvalue weighted by Crippen LogP contribution is 2.33. The summed E-state index contributed by atoms with van der Waals surface area (Å²) in [4.78, 5) is 0. The average molecular weight is 376 g/mol. The quantitative estimate of drug-likeness (QED) is 0.616. The number of halogens is 3. The molecule has 2 rings (SSSR count). The van der Waals surface area contributed by atoms with Gasteiger partial charge in [-0.1, -0.05) is 39.7 Å². The highest BCUT2D eigenvalue weighted by molar-refractivity contribution is 9.10. The lowest BCUT2D eigenvalue weighted by molar-refractivity contribution is 0.475. The van der Waals surface area contributed by atoms with Crippen LogP contribution in [0.3, 0.4) is 0 Å². The van der Waals surface area contributed by atoms with Gasteiger partial charge < -0.3 is 4.74 Å². The lowest BCUT2D eigenvalue weighted by Gasteiger charge is -2.11. The third-order valence-corrected chi connectivity index (χ3v) is 3.72. The van der Waals surface area contributed by atoms with Crippen LogP contribution in [0.25, 0.3) is 0 Å². The zero-order valence-electron chi connectivity index (χ0n) is 8.79. The molecule has 1 nitrogen and oxygen atoms in total. The topological polar surface area (TPSA) is 9.23 Å². The van der Waals surface area contributed by atoms with Gasteiger partial charge in [-0.25, -0.2) is 0 Å². The molecule has 0 saturated carbocycles. The van der Waals surface area contributed by atoms with Crippen LogP contribution in [0.5, 0.6) is 11.5 Å². The minimum atomic E-state index is 0.702. The molecule has 0 amide bonds. The van der Waals surface area contributed by atoms with Gasteiger partial charge in [0.1, 0.15) is 11.5 Å². The van der Waals surface area contributed by atoms with Crippen molar-refractivity contribution in [1.29, 1.82) is 0 Å². The summed E-state index contributed by atoms with van der Waals surface area (Å²) in [5, 5.41) is 1.41. The number of hydrogen-bond acceptors (Lipinski definition) is 1. The standard InChI is InChI=1S/C13H9Br2ClO/c14-8-9-7-10(16)5-6-12(9)17-13-4-2-1-3-11(13)15/h1-7H,8H2. The minimum absolute atomic E-state index is 0.702. The van der Waals surface area contributed by atoms with Crippen LogP contribution >= 0.6 is 43.5 Å². The zero-order valence-corrected chi connectivity index (χ0v) is 12.7. The lowest BCUT2D eigenvalue weighted by atomic mass is 10.2. The molecule has 0 aromatic heterocycles. The van der Waals surface area contributed by atoms with Crippen molar-refractivity contribution >= 4 is 43.5 Å². The molecule has 0 spiro atoms. The summed E-state index contributed by atoms with van der Waals surface area (Å²) in [6.07, 6.45) is 0. The van der Waals surface area contributed by atoms with Gasteiger partial charge >= 0.3 is 0 Å². The Kier molecular flexibility index (Phi) is 4.48. The molecular formula is C13H9Br2ClO. The van der Waals surface area contributed by atoms with E-state index in [9.17, 15) is 0 Å². The first kappa shape index (κ1) is 12.9. The third kappa shape index (κ3) is 3.24. The van der Waals surface area contributed by atoms with Gasteiger partial charge in [0.15, 0.2) is 0 Å². The first-order chi connectivity index (χ1) is 8.20. The fourth-order valence-corrected chi connectivity index (χ4v) is 2.40. The van der Waals surface area contributed by atoms with E-state index in [1.165, 1.54) is 0 Å². The van der Waals surface area contributed by atoms with Crippen molar-refractivity contribution in [3.8, 4) is 11.5 Å². The van der Waals surface area contributed by atoms with Crippen molar-refractivity contribution in [2.24, 2.45) is 0 Å². The summed E-state index contributed by atoms with van der Waals surface area (Å²) >= 11 is 12.8. The average Bonchev–Trinajstić information content (AvgIpc) is 2.34. The molecule has 0 fully saturated rings. The molecule has 0 radical (unpaired) electrons. The zero-order chi connectivity index (χ0) is 12.3. The molecule has 0 aliphatic heterocycles. The van der Waals surface area contributed by atoms with Crippen molar-refractivity contribution in [2.75, 3.05) is 0 Å². The summed E-state index contributed by atoms with van der Waals surface area (Å²) in [6.45, 7) is 0. The molecule has 17 heavy (non-hydrogen) atoms. The van der Waals surface area contributed by atoms with E-state index in [4.69, 9.17) is 16.3 Å². The van der Waals surface area contributed by atoms with E-state index >= 15 is 0 Å². The van der Waals surface area contributed by atoms with Crippen LogP contribution in [0.2, 0.25) is 5.02 Å². The number of alkyl halides is 1. The molecule has 0 heterocycles. The van der Waals surface area contributed by atoms with Gasteiger partial charge in [0, 0.05) is 15.9 Å². The van der Waals surface area contributed by atoms with Crippen LogP contribution in [-0.2, 0) is 5.33 Å². The van der Waals surface area contributed by atoms with E-state index in [1.54, 1.807) is 0 Å². The maximum absolute atomic E-state index is 5.94. The fourth-order valence-electron chi connectivity index (χ4n) is 1.40. The number of benzene rings is 2. The monoisotopic (exact) mass is 374 g/mol.